The van der Waals surface area contributed by atoms with Crippen LogP contribution in [0.2, 0.25) is 15.1 Å². The van der Waals surface area contributed by atoms with Crippen LogP contribution in [0.3, 0.4) is 0 Å². The van der Waals surface area contributed by atoms with Gasteiger partial charge in [0.2, 0.25) is 17.7 Å². The molecule has 14 heteroatoms. The third-order valence-corrected chi connectivity index (χ3v) is 8.50. The summed E-state index contributed by atoms with van der Waals surface area (Å²) in [5.41, 5.74) is 1.50. The highest BCUT2D eigenvalue weighted by Crippen LogP contribution is 2.36. The molecule has 5 rings (SSSR count). The van der Waals surface area contributed by atoms with Crippen LogP contribution < -0.4 is 25.6 Å². The number of pyridine rings is 1. The van der Waals surface area contributed by atoms with Crippen molar-refractivity contribution in [2.24, 2.45) is 0 Å². The van der Waals surface area contributed by atoms with Crippen molar-refractivity contribution < 1.29 is 9.53 Å². The van der Waals surface area contributed by atoms with Gasteiger partial charge in [-0.15, -0.1) is 0 Å². The Morgan fingerprint density at radius 1 is 0.905 bits per heavy atom. The normalized spacial score (nSPS) is 16.8. The van der Waals surface area contributed by atoms with Gasteiger partial charge in [-0.25, -0.2) is 4.98 Å². The summed E-state index contributed by atoms with van der Waals surface area (Å²) >= 11 is 18.8. The molecular weight excluding hydrogens is 601 g/mol. The number of anilines is 6. The lowest BCUT2D eigenvalue weighted by Crippen LogP contribution is -2.52. The van der Waals surface area contributed by atoms with Gasteiger partial charge in [-0.3, -0.25) is 9.69 Å². The van der Waals surface area contributed by atoms with E-state index >= 15 is 0 Å². The highest BCUT2D eigenvalue weighted by Gasteiger charge is 2.27. The zero-order valence-corrected chi connectivity index (χ0v) is 26.0. The number of amides is 1. The molecule has 2 aromatic heterocycles. The van der Waals surface area contributed by atoms with Crippen molar-refractivity contribution in [1.29, 1.82) is 0 Å². The second-order valence-electron chi connectivity index (χ2n) is 10.4. The van der Waals surface area contributed by atoms with Gasteiger partial charge in [-0.1, -0.05) is 34.8 Å². The van der Waals surface area contributed by atoms with E-state index in [2.05, 4.69) is 47.7 Å². The molecule has 2 aliphatic rings. The summed E-state index contributed by atoms with van der Waals surface area (Å²) < 4.78 is 5.62. The van der Waals surface area contributed by atoms with Crippen LogP contribution in [0.15, 0.2) is 30.5 Å². The first kappa shape index (κ1) is 30.4. The molecule has 4 heterocycles. The number of piperidine rings is 1. The van der Waals surface area contributed by atoms with Crippen LogP contribution in [0.1, 0.15) is 19.8 Å². The SMILES string of the molecule is COc1nc(N2CCC(N3CCN(C)CC3)CC2)ccc1Nc1ncc(Cl)c(Nc2cc(Cl)c(Cl)cc2NC(C)=O)n1. The maximum absolute atomic E-state index is 11.7. The fraction of sp³-hybridized carbons (Fsp3) is 0.429. The third kappa shape index (κ3) is 7.27. The van der Waals surface area contributed by atoms with Crippen molar-refractivity contribution >= 4 is 75.4 Å². The smallest absolute Gasteiger partial charge is 0.239 e. The fourth-order valence-corrected chi connectivity index (χ4v) is 5.68. The second-order valence-corrected chi connectivity index (χ2v) is 11.6. The summed E-state index contributed by atoms with van der Waals surface area (Å²) in [4.78, 5) is 32.7. The Bertz CT molecular complexity index is 1430. The van der Waals surface area contributed by atoms with Gasteiger partial charge in [0.1, 0.15) is 16.5 Å². The van der Waals surface area contributed by atoms with Gasteiger partial charge in [0.15, 0.2) is 5.82 Å². The molecule has 2 aliphatic heterocycles. The number of carbonyl (C=O) groups excluding carboxylic acids is 1. The lowest BCUT2D eigenvalue weighted by Gasteiger charge is -2.42. The molecule has 0 bridgehead atoms. The van der Waals surface area contributed by atoms with Crippen LogP contribution in [0.5, 0.6) is 5.88 Å². The molecule has 224 valence electrons. The Morgan fingerprint density at radius 2 is 1.60 bits per heavy atom. The summed E-state index contributed by atoms with van der Waals surface area (Å²) in [6, 6.07) is 7.65. The molecule has 2 saturated heterocycles. The number of piperazine rings is 1. The summed E-state index contributed by atoms with van der Waals surface area (Å²) in [6.45, 7) is 7.85. The molecule has 0 spiro atoms. The number of halogens is 3. The Labute approximate surface area is 260 Å². The highest BCUT2D eigenvalue weighted by molar-refractivity contribution is 6.42. The van der Waals surface area contributed by atoms with Gasteiger partial charge in [-0.2, -0.15) is 9.97 Å². The molecule has 3 aromatic rings. The van der Waals surface area contributed by atoms with Gasteiger partial charge in [0, 0.05) is 52.2 Å². The molecule has 3 N–H and O–H groups in total. The first-order chi connectivity index (χ1) is 20.2. The summed E-state index contributed by atoms with van der Waals surface area (Å²) in [6.07, 6.45) is 3.70. The maximum atomic E-state index is 11.7. The fourth-order valence-electron chi connectivity index (χ4n) is 5.21. The van der Waals surface area contributed by atoms with Crippen LogP contribution in [0.25, 0.3) is 0 Å². The van der Waals surface area contributed by atoms with E-state index in [0.717, 1.165) is 57.9 Å². The number of hydrogen-bond acceptors (Lipinski definition) is 10. The molecule has 0 saturated carbocycles. The summed E-state index contributed by atoms with van der Waals surface area (Å²) in [7, 11) is 3.77. The molecule has 0 unspecified atom stereocenters. The lowest BCUT2D eigenvalue weighted by molar-refractivity contribution is -0.114. The van der Waals surface area contributed by atoms with Crippen molar-refractivity contribution in [2.45, 2.75) is 25.8 Å². The molecule has 0 radical (unpaired) electrons. The summed E-state index contributed by atoms with van der Waals surface area (Å²) in [5, 5.41) is 9.87. The van der Waals surface area contributed by atoms with E-state index in [-0.39, 0.29) is 16.9 Å². The number of rotatable bonds is 8. The number of aromatic nitrogens is 3. The lowest BCUT2D eigenvalue weighted by atomic mass is 10.0. The van der Waals surface area contributed by atoms with Crippen LogP contribution in [0.4, 0.5) is 34.6 Å². The predicted octanol–water partition coefficient (Wildman–Crippen LogP) is 5.50. The predicted molar refractivity (Wildman–Crippen MR) is 169 cm³/mol. The maximum Gasteiger partial charge on any atom is 0.239 e. The quantitative estimate of drug-likeness (QED) is 0.294. The standard InChI is InChI=1S/C28H34Cl3N9O2/c1-17(41)33-23-14-19(29)20(30)15-24(23)34-26-21(31)16-32-28(37-26)35-22-4-5-25(36-27(22)42-3)40-8-6-18(7-9-40)39-12-10-38(2)11-13-39/h4-5,14-16,18H,6-13H2,1-3H3,(H,33,41)(H2,32,34,35,37). The minimum Gasteiger partial charge on any atom is -0.479 e. The zero-order valence-electron chi connectivity index (χ0n) is 23.8. The number of carbonyl (C=O) groups is 1. The topological polar surface area (TPSA) is 111 Å². The number of hydrogen-bond donors (Lipinski definition) is 3. The van der Waals surface area contributed by atoms with Gasteiger partial charge in [0.25, 0.3) is 0 Å². The monoisotopic (exact) mass is 633 g/mol. The molecule has 42 heavy (non-hydrogen) atoms. The van der Waals surface area contributed by atoms with Crippen molar-refractivity contribution in [3.05, 3.63) is 45.5 Å². The highest BCUT2D eigenvalue weighted by atomic mass is 35.5. The molecule has 1 aromatic carbocycles. The van der Waals surface area contributed by atoms with E-state index in [0.29, 0.717) is 44.8 Å². The number of ether oxygens (including phenoxy) is 1. The van der Waals surface area contributed by atoms with E-state index in [9.17, 15) is 4.79 Å². The van der Waals surface area contributed by atoms with Gasteiger partial charge >= 0.3 is 0 Å². The molecule has 1 amide bonds. The van der Waals surface area contributed by atoms with Crippen molar-refractivity contribution in [3.63, 3.8) is 0 Å². The van der Waals surface area contributed by atoms with Gasteiger partial charge < -0.3 is 30.5 Å². The minimum absolute atomic E-state index is 0.265. The number of benzene rings is 1. The van der Waals surface area contributed by atoms with Crippen LogP contribution in [-0.2, 0) is 4.79 Å². The summed E-state index contributed by atoms with van der Waals surface area (Å²) in [5.74, 6) is 1.60. The third-order valence-electron chi connectivity index (χ3n) is 7.50. The van der Waals surface area contributed by atoms with Gasteiger partial charge in [-0.05, 0) is 44.2 Å². The Kier molecular flexibility index (Phi) is 9.74. The van der Waals surface area contributed by atoms with Crippen LogP contribution in [0, 0.1) is 0 Å². The van der Waals surface area contributed by atoms with E-state index in [1.807, 2.05) is 12.1 Å². The number of nitrogens with zero attached hydrogens (tertiary/aromatic N) is 6. The first-order valence-electron chi connectivity index (χ1n) is 13.8. The number of nitrogens with one attached hydrogen (secondary N) is 3. The largest absolute Gasteiger partial charge is 0.479 e. The first-order valence-corrected chi connectivity index (χ1v) is 14.9. The average Bonchev–Trinajstić information content (AvgIpc) is 2.98. The average molecular weight is 635 g/mol. The van der Waals surface area contributed by atoms with E-state index in [1.54, 1.807) is 19.2 Å². The Hall–Kier alpha value is -3.09. The van der Waals surface area contributed by atoms with Crippen molar-refractivity contribution in [3.8, 4) is 5.88 Å². The molecule has 0 atom stereocenters. The zero-order chi connectivity index (χ0) is 29.8. The van der Waals surface area contributed by atoms with Gasteiger partial charge in [0.05, 0.1) is 34.7 Å². The Balaban J connectivity index is 1.28. The van der Waals surface area contributed by atoms with E-state index in [1.165, 1.54) is 13.1 Å². The van der Waals surface area contributed by atoms with Crippen LogP contribution >= 0.6 is 34.8 Å². The van der Waals surface area contributed by atoms with Crippen LogP contribution in [-0.4, -0.2) is 90.1 Å². The van der Waals surface area contributed by atoms with E-state index in [4.69, 9.17) is 44.5 Å². The second kappa shape index (κ2) is 13.5. The molecule has 0 aliphatic carbocycles. The molecule has 11 nitrogen and oxygen atoms in total. The minimum atomic E-state index is -0.268. The van der Waals surface area contributed by atoms with Crippen molar-refractivity contribution in [1.82, 2.24) is 24.8 Å². The molecule has 2 fully saturated rings. The van der Waals surface area contributed by atoms with E-state index < -0.39 is 0 Å². The number of methoxy groups -OCH3 is 1. The molecular formula is C28H34Cl3N9O2. The number of likely N-dealkylation sites (N-methyl/N-ethyl adjacent to an activating group) is 1. The Morgan fingerprint density at radius 3 is 2.26 bits per heavy atom. The van der Waals surface area contributed by atoms with Crippen molar-refractivity contribution in [2.75, 3.05) is 74.3 Å².